The molecule has 0 radical (unpaired) electrons. The summed E-state index contributed by atoms with van der Waals surface area (Å²) in [4.78, 5) is 14.3. The van der Waals surface area contributed by atoms with Gasteiger partial charge in [-0.05, 0) is 35.7 Å². The van der Waals surface area contributed by atoms with Gasteiger partial charge in [0.05, 0.1) is 7.11 Å². The second kappa shape index (κ2) is 3.63. The standard InChI is InChI=1S/C10H9N3O2/c1-15-7-2-3-8-6(4-7)5-9(10(8)14)12-13-11/h2-4,9H,5H2,1H3. The molecule has 0 spiro atoms. The van der Waals surface area contributed by atoms with Gasteiger partial charge in [-0.1, -0.05) is 5.11 Å². The lowest BCUT2D eigenvalue weighted by Gasteiger charge is -2.01. The van der Waals surface area contributed by atoms with Gasteiger partial charge in [-0.2, -0.15) is 0 Å². The normalized spacial score (nSPS) is 18.2. The molecule has 0 fully saturated rings. The Kier molecular flexibility index (Phi) is 2.31. The van der Waals surface area contributed by atoms with Crippen molar-refractivity contribution in [2.24, 2.45) is 5.11 Å². The molecule has 0 saturated carbocycles. The lowest BCUT2D eigenvalue weighted by Crippen LogP contribution is -2.11. The topological polar surface area (TPSA) is 75.1 Å². The second-order valence-electron chi connectivity index (χ2n) is 3.31. The number of fused-ring (bicyclic) bond motifs is 1. The summed E-state index contributed by atoms with van der Waals surface area (Å²) in [5.74, 6) is 0.605. The van der Waals surface area contributed by atoms with Gasteiger partial charge in [0.25, 0.3) is 0 Å². The number of rotatable bonds is 2. The molecule has 0 bridgehead atoms. The molecule has 76 valence electrons. The number of carbonyl (C=O) groups excluding carboxylic acids is 1. The molecule has 0 saturated heterocycles. The van der Waals surface area contributed by atoms with E-state index in [1.54, 1.807) is 25.3 Å². The highest BCUT2D eigenvalue weighted by atomic mass is 16.5. The zero-order chi connectivity index (χ0) is 10.8. The van der Waals surface area contributed by atoms with Crippen molar-refractivity contribution in [3.63, 3.8) is 0 Å². The molecule has 1 aliphatic carbocycles. The van der Waals surface area contributed by atoms with Gasteiger partial charge in [0.15, 0.2) is 5.78 Å². The van der Waals surface area contributed by atoms with Crippen molar-refractivity contribution in [1.82, 2.24) is 0 Å². The molecule has 0 amide bonds. The molecule has 2 rings (SSSR count). The molecule has 1 unspecified atom stereocenters. The Morgan fingerprint density at radius 3 is 3.07 bits per heavy atom. The Morgan fingerprint density at radius 1 is 1.60 bits per heavy atom. The first-order valence-corrected chi connectivity index (χ1v) is 4.51. The average molecular weight is 203 g/mol. The molecule has 1 aromatic rings. The van der Waals surface area contributed by atoms with E-state index in [9.17, 15) is 4.79 Å². The molecule has 1 atom stereocenters. The largest absolute Gasteiger partial charge is 0.497 e. The van der Waals surface area contributed by atoms with E-state index in [0.717, 1.165) is 5.56 Å². The van der Waals surface area contributed by atoms with Crippen molar-refractivity contribution in [3.8, 4) is 5.75 Å². The molecule has 5 nitrogen and oxygen atoms in total. The third-order valence-electron chi connectivity index (χ3n) is 2.48. The number of azide groups is 1. The van der Waals surface area contributed by atoms with Crippen LogP contribution in [0, 0.1) is 0 Å². The number of carbonyl (C=O) groups is 1. The maximum absolute atomic E-state index is 11.7. The average Bonchev–Trinajstić information content (AvgIpc) is 2.56. The number of ether oxygens (including phenoxy) is 1. The Balaban J connectivity index is 2.40. The zero-order valence-electron chi connectivity index (χ0n) is 8.17. The maximum Gasteiger partial charge on any atom is 0.172 e. The molecular formula is C10H9N3O2. The monoisotopic (exact) mass is 203 g/mol. The summed E-state index contributed by atoms with van der Waals surface area (Å²) in [6.45, 7) is 0. The highest BCUT2D eigenvalue weighted by Gasteiger charge is 2.29. The Morgan fingerprint density at radius 2 is 2.40 bits per heavy atom. The first-order chi connectivity index (χ1) is 7.26. The van der Waals surface area contributed by atoms with E-state index >= 15 is 0 Å². The van der Waals surface area contributed by atoms with Crippen LogP contribution in [-0.2, 0) is 6.42 Å². The highest BCUT2D eigenvalue weighted by Crippen LogP contribution is 2.27. The lowest BCUT2D eigenvalue weighted by atomic mass is 10.1. The van der Waals surface area contributed by atoms with Crippen LogP contribution < -0.4 is 4.74 Å². The Hall–Kier alpha value is -2.00. The first-order valence-electron chi connectivity index (χ1n) is 4.51. The molecule has 0 aliphatic heterocycles. The van der Waals surface area contributed by atoms with E-state index in [4.69, 9.17) is 10.3 Å². The Bertz CT molecular complexity index is 464. The molecule has 5 heteroatoms. The summed E-state index contributed by atoms with van der Waals surface area (Å²) < 4.78 is 5.06. The number of ketones is 1. The molecule has 0 N–H and O–H groups in total. The van der Waals surface area contributed by atoms with Crippen molar-refractivity contribution in [2.45, 2.75) is 12.5 Å². The summed E-state index contributed by atoms with van der Waals surface area (Å²) in [5.41, 5.74) is 9.82. The number of benzene rings is 1. The van der Waals surface area contributed by atoms with Crippen molar-refractivity contribution >= 4 is 5.78 Å². The third-order valence-corrected chi connectivity index (χ3v) is 2.48. The van der Waals surface area contributed by atoms with Crippen LogP contribution in [0.3, 0.4) is 0 Å². The summed E-state index contributed by atoms with van der Waals surface area (Å²) in [7, 11) is 1.57. The van der Waals surface area contributed by atoms with Crippen LogP contribution in [0.2, 0.25) is 0 Å². The number of hydrogen-bond donors (Lipinski definition) is 0. The third kappa shape index (κ3) is 1.53. The maximum atomic E-state index is 11.7. The van der Waals surface area contributed by atoms with Crippen LogP contribution in [0.5, 0.6) is 5.75 Å². The van der Waals surface area contributed by atoms with E-state index in [0.29, 0.717) is 17.7 Å². The van der Waals surface area contributed by atoms with Crippen molar-refractivity contribution in [3.05, 3.63) is 39.8 Å². The van der Waals surface area contributed by atoms with Crippen LogP contribution in [-0.4, -0.2) is 18.9 Å². The van der Waals surface area contributed by atoms with Gasteiger partial charge in [-0.3, -0.25) is 4.79 Å². The van der Waals surface area contributed by atoms with Crippen molar-refractivity contribution < 1.29 is 9.53 Å². The lowest BCUT2D eigenvalue weighted by molar-refractivity contribution is 0.0975. The van der Waals surface area contributed by atoms with Crippen LogP contribution >= 0.6 is 0 Å². The van der Waals surface area contributed by atoms with Gasteiger partial charge in [-0.25, -0.2) is 0 Å². The Labute approximate surface area is 86.3 Å². The number of Topliss-reactive ketones (excluding diaryl/α,β-unsaturated/α-hetero) is 1. The van der Waals surface area contributed by atoms with Crippen molar-refractivity contribution in [1.29, 1.82) is 0 Å². The zero-order valence-corrected chi connectivity index (χ0v) is 8.17. The predicted octanol–water partition coefficient (Wildman–Crippen LogP) is 2.11. The van der Waals surface area contributed by atoms with Gasteiger partial charge in [0.1, 0.15) is 11.8 Å². The van der Waals surface area contributed by atoms with Gasteiger partial charge < -0.3 is 4.74 Å². The SMILES string of the molecule is COc1ccc2c(c1)CC(N=[N+]=[N-])C2=O. The minimum Gasteiger partial charge on any atom is -0.497 e. The fourth-order valence-corrected chi connectivity index (χ4v) is 1.74. The number of hydrogen-bond acceptors (Lipinski definition) is 3. The molecule has 15 heavy (non-hydrogen) atoms. The summed E-state index contributed by atoms with van der Waals surface area (Å²) in [6.07, 6.45) is 0.468. The number of nitrogens with zero attached hydrogens (tertiary/aromatic N) is 3. The fraction of sp³-hybridized carbons (Fsp3) is 0.300. The molecule has 1 aromatic carbocycles. The smallest absolute Gasteiger partial charge is 0.172 e. The van der Waals surface area contributed by atoms with Crippen LogP contribution in [0.25, 0.3) is 10.4 Å². The summed E-state index contributed by atoms with van der Waals surface area (Å²) in [5, 5.41) is 3.47. The van der Waals surface area contributed by atoms with Crippen LogP contribution in [0.4, 0.5) is 0 Å². The molecule has 0 aromatic heterocycles. The number of methoxy groups -OCH3 is 1. The summed E-state index contributed by atoms with van der Waals surface area (Å²) >= 11 is 0. The molecule has 0 heterocycles. The fourth-order valence-electron chi connectivity index (χ4n) is 1.74. The highest BCUT2D eigenvalue weighted by molar-refractivity contribution is 6.04. The van der Waals surface area contributed by atoms with Gasteiger partial charge in [-0.15, -0.1) is 0 Å². The van der Waals surface area contributed by atoms with Crippen LogP contribution in [0.15, 0.2) is 23.3 Å². The predicted molar refractivity (Wildman–Crippen MR) is 54.0 cm³/mol. The minimum absolute atomic E-state index is 0.106. The van der Waals surface area contributed by atoms with Crippen molar-refractivity contribution in [2.75, 3.05) is 7.11 Å². The van der Waals surface area contributed by atoms with E-state index in [1.807, 2.05) is 0 Å². The van der Waals surface area contributed by atoms with Gasteiger partial charge in [0, 0.05) is 10.5 Å². The minimum atomic E-state index is -0.586. The van der Waals surface area contributed by atoms with E-state index < -0.39 is 6.04 Å². The van der Waals surface area contributed by atoms with Gasteiger partial charge in [0.2, 0.25) is 0 Å². The quantitative estimate of drug-likeness (QED) is 0.419. The first kappa shape index (κ1) is 9.55. The second-order valence-corrected chi connectivity index (χ2v) is 3.31. The molecule has 1 aliphatic rings. The van der Waals surface area contributed by atoms with E-state index in [-0.39, 0.29) is 5.78 Å². The van der Waals surface area contributed by atoms with E-state index in [2.05, 4.69) is 10.0 Å². The van der Waals surface area contributed by atoms with Crippen LogP contribution in [0.1, 0.15) is 15.9 Å². The molecular weight excluding hydrogens is 194 g/mol. The summed E-state index contributed by atoms with van der Waals surface area (Å²) in [6, 6.07) is 4.66. The van der Waals surface area contributed by atoms with Gasteiger partial charge >= 0.3 is 0 Å². The van der Waals surface area contributed by atoms with E-state index in [1.165, 1.54) is 0 Å².